The number of sulfonamides is 1. The van der Waals surface area contributed by atoms with E-state index in [1.165, 1.54) is 12.1 Å². The van der Waals surface area contributed by atoms with E-state index in [0.29, 0.717) is 31.5 Å². The molecule has 0 spiro atoms. The molecule has 33 heavy (non-hydrogen) atoms. The second-order valence-corrected chi connectivity index (χ2v) is 10.3. The average molecular weight is 475 g/mol. The summed E-state index contributed by atoms with van der Waals surface area (Å²) in [7, 11) is -3.70. The molecule has 0 bridgehead atoms. The van der Waals surface area contributed by atoms with Gasteiger partial charge in [0.2, 0.25) is 10.0 Å². The third-order valence-electron chi connectivity index (χ3n) is 6.52. The van der Waals surface area contributed by atoms with Gasteiger partial charge in [-0.25, -0.2) is 17.5 Å². The number of halogens is 1. The smallest absolute Gasteiger partial charge is 0.256 e. The van der Waals surface area contributed by atoms with Crippen molar-refractivity contribution >= 4 is 21.6 Å². The van der Waals surface area contributed by atoms with E-state index in [9.17, 15) is 17.6 Å². The van der Waals surface area contributed by atoms with Crippen LogP contribution in [-0.4, -0.2) is 76.0 Å². The molecule has 178 valence electrons. The maximum absolute atomic E-state index is 13.3. The Labute approximate surface area is 195 Å². The lowest BCUT2D eigenvalue weighted by molar-refractivity contribution is 0.0644. The largest absolute Gasteiger partial charge is 0.371 e. The van der Waals surface area contributed by atoms with Gasteiger partial charge < -0.3 is 14.7 Å². The molecule has 7 nitrogen and oxygen atoms in total. The van der Waals surface area contributed by atoms with E-state index in [1.54, 1.807) is 0 Å². The van der Waals surface area contributed by atoms with Crippen LogP contribution in [-0.2, 0) is 10.0 Å². The van der Waals surface area contributed by atoms with Gasteiger partial charge in [-0.2, -0.15) is 0 Å². The maximum atomic E-state index is 13.3. The second-order valence-electron chi connectivity index (χ2n) is 8.58. The molecule has 1 N–H and O–H groups in total. The van der Waals surface area contributed by atoms with Crippen LogP contribution in [0.2, 0.25) is 0 Å². The number of likely N-dealkylation sites (N-methyl/N-ethyl adjacent to an activating group) is 1. The predicted octanol–water partition coefficient (Wildman–Crippen LogP) is 2.55. The van der Waals surface area contributed by atoms with Crippen LogP contribution in [0.4, 0.5) is 10.1 Å². The predicted molar refractivity (Wildman–Crippen MR) is 126 cm³/mol. The van der Waals surface area contributed by atoms with Crippen molar-refractivity contribution in [2.75, 3.05) is 50.7 Å². The highest BCUT2D eigenvalue weighted by Crippen LogP contribution is 2.26. The van der Waals surface area contributed by atoms with Crippen LogP contribution >= 0.6 is 0 Å². The summed E-state index contributed by atoms with van der Waals surface area (Å²) >= 11 is 0. The van der Waals surface area contributed by atoms with Crippen molar-refractivity contribution in [2.45, 2.75) is 30.7 Å². The summed E-state index contributed by atoms with van der Waals surface area (Å²) in [4.78, 5) is 19.7. The van der Waals surface area contributed by atoms with Gasteiger partial charge in [0.1, 0.15) is 5.82 Å². The van der Waals surface area contributed by atoms with Crippen molar-refractivity contribution in [3.8, 4) is 0 Å². The fourth-order valence-corrected chi connectivity index (χ4v) is 5.81. The van der Waals surface area contributed by atoms with Gasteiger partial charge in [-0.3, -0.25) is 4.79 Å². The minimum absolute atomic E-state index is 0.0560. The topological polar surface area (TPSA) is 73.0 Å². The molecule has 0 atom stereocenters. The summed E-state index contributed by atoms with van der Waals surface area (Å²) in [6.45, 7) is 7.67. The monoisotopic (exact) mass is 474 g/mol. The summed E-state index contributed by atoms with van der Waals surface area (Å²) in [5.41, 5.74) is 1.60. The van der Waals surface area contributed by atoms with Crippen molar-refractivity contribution in [1.29, 1.82) is 0 Å². The molecule has 4 rings (SSSR count). The van der Waals surface area contributed by atoms with Crippen molar-refractivity contribution < 1.29 is 17.6 Å². The molecule has 2 saturated heterocycles. The highest BCUT2D eigenvalue weighted by Gasteiger charge is 2.28. The van der Waals surface area contributed by atoms with Gasteiger partial charge in [-0.15, -0.1) is 0 Å². The number of para-hydroxylation sites is 1. The standard InChI is InChI=1S/C24H31FN4O3S/c1-2-27-15-17-29(18-16-27)24(30)22-5-3-4-6-23(22)28-13-11-20(12-14-28)26-33(31,32)21-9-7-19(25)8-10-21/h3-10,20,26H,2,11-18H2,1H3. The Morgan fingerprint density at radius 3 is 2.24 bits per heavy atom. The van der Waals surface area contributed by atoms with Crippen LogP contribution in [0.3, 0.4) is 0 Å². The van der Waals surface area contributed by atoms with Crippen LogP contribution in [0.1, 0.15) is 30.1 Å². The van der Waals surface area contributed by atoms with Crippen molar-refractivity contribution in [3.63, 3.8) is 0 Å². The molecular weight excluding hydrogens is 443 g/mol. The van der Waals surface area contributed by atoms with E-state index in [1.807, 2.05) is 29.2 Å². The Balaban J connectivity index is 1.39. The fourth-order valence-electron chi connectivity index (χ4n) is 4.51. The van der Waals surface area contributed by atoms with Gasteiger partial charge in [-0.05, 0) is 55.8 Å². The quantitative estimate of drug-likeness (QED) is 0.697. The van der Waals surface area contributed by atoms with Crippen LogP contribution in [0.15, 0.2) is 53.4 Å². The molecule has 2 heterocycles. The highest BCUT2D eigenvalue weighted by molar-refractivity contribution is 7.89. The molecule has 9 heteroatoms. The number of rotatable bonds is 6. The minimum atomic E-state index is -3.70. The number of amides is 1. The number of nitrogens with one attached hydrogen (secondary N) is 1. The molecule has 2 fully saturated rings. The Morgan fingerprint density at radius 2 is 1.61 bits per heavy atom. The number of carbonyl (C=O) groups is 1. The maximum Gasteiger partial charge on any atom is 0.256 e. The number of carbonyl (C=O) groups excluding carboxylic acids is 1. The summed E-state index contributed by atoms with van der Waals surface area (Å²) in [5, 5.41) is 0. The molecule has 2 aromatic rings. The van der Waals surface area contributed by atoms with Crippen LogP contribution in [0.25, 0.3) is 0 Å². The minimum Gasteiger partial charge on any atom is -0.371 e. The zero-order valence-corrected chi connectivity index (χ0v) is 19.7. The highest BCUT2D eigenvalue weighted by atomic mass is 32.2. The summed E-state index contributed by atoms with van der Waals surface area (Å²) < 4.78 is 41.1. The molecule has 0 aliphatic carbocycles. The lowest BCUT2D eigenvalue weighted by Gasteiger charge is -2.37. The lowest BCUT2D eigenvalue weighted by atomic mass is 10.0. The third-order valence-corrected chi connectivity index (χ3v) is 8.06. The molecular formula is C24H31FN4O3S. The zero-order valence-electron chi connectivity index (χ0n) is 18.9. The Kier molecular flexibility index (Phi) is 7.31. The number of hydrogen-bond donors (Lipinski definition) is 1. The average Bonchev–Trinajstić information content (AvgIpc) is 2.84. The number of piperazine rings is 1. The van der Waals surface area contributed by atoms with Crippen LogP contribution < -0.4 is 9.62 Å². The normalized spacial score (nSPS) is 18.5. The van der Waals surface area contributed by atoms with Gasteiger partial charge in [0.15, 0.2) is 0 Å². The van der Waals surface area contributed by atoms with E-state index < -0.39 is 15.8 Å². The van der Waals surface area contributed by atoms with E-state index in [0.717, 1.165) is 50.5 Å². The summed E-state index contributed by atoms with van der Waals surface area (Å²) in [6, 6.07) is 12.3. The van der Waals surface area contributed by atoms with E-state index in [4.69, 9.17) is 0 Å². The SMILES string of the molecule is CCN1CCN(C(=O)c2ccccc2N2CCC(NS(=O)(=O)c3ccc(F)cc3)CC2)CC1. The van der Waals surface area contributed by atoms with Crippen LogP contribution in [0.5, 0.6) is 0 Å². The lowest BCUT2D eigenvalue weighted by Crippen LogP contribution is -2.49. The Morgan fingerprint density at radius 1 is 0.970 bits per heavy atom. The van der Waals surface area contributed by atoms with Gasteiger partial charge in [0, 0.05) is 51.0 Å². The van der Waals surface area contributed by atoms with Crippen molar-refractivity contribution in [2.24, 2.45) is 0 Å². The van der Waals surface area contributed by atoms with E-state index in [2.05, 4.69) is 21.4 Å². The van der Waals surface area contributed by atoms with Crippen LogP contribution in [0, 0.1) is 5.82 Å². The van der Waals surface area contributed by atoms with E-state index in [-0.39, 0.29) is 16.8 Å². The number of nitrogens with zero attached hydrogens (tertiary/aromatic N) is 3. The van der Waals surface area contributed by atoms with Gasteiger partial charge >= 0.3 is 0 Å². The molecule has 0 saturated carbocycles. The molecule has 0 unspecified atom stereocenters. The first-order valence-electron chi connectivity index (χ1n) is 11.5. The molecule has 0 aromatic heterocycles. The van der Waals surface area contributed by atoms with Crippen molar-refractivity contribution in [1.82, 2.24) is 14.5 Å². The van der Waals surface area contributed by atoms with E-state index >= 15 is 0 Å². The second kappa shape index (κ2) is 10.2. The van der Waals surface area contributed by atoms with Gasteiger partial charge in [0.25, 0.3) is 5.91 Å². The zero-order chi connectivity index (χ0) is 23.4. The Hall–Kier alpha value is -2.49. The molecule has 0 radical (unpaired) electrons. The first-order valence-corrected chi connectivity index (χ1v) is 13.0. The molecule has 2 aliphatic rings. The first kappa shape index (κ1) is 23.7. The number of piperidine rings is 1. The Bertz CT molecular complexity index is 1060. The first-order chi connectivity index (χ1) is 15.9. The number of anilines is 1. The van der Waals surface area contributed by atoms with Gasteiger partial charge in [0.05, 0.1) is 10.5 Å². The third kappa shape index (κ3) is 5.54. The summed E-state index contributed by atoms with van der Waals surface area (Å²) in [6.07, 6.45) is 1.25. The fraction of sp³-hybridized carbons (Fsp3) is 0.458. The van der Waals surface area contributed by atoms with Gasteiger partial charge in [-0.1, -0.05) is 19.1 Å². The number of hydrogen-bond acceptors (Lipinski definition) is 5. The molecule has 1 amide bonds. The van der Waals surface area contributed by atoms with Crippen molar-refractivity contribution in [3.05, 3.63) is 59.9 Å². The summed E-state index contributed by atoms with van der Waals surface area (Å²) in [5.74, 6) is -0.414. The molecule has 2 aromatic carbocycles. The molecule has 2 aliphatic heterocycles. The number of benzene rings is 2.